The van der Waals surface area contributed by atoms with Crippen LogP contribution >= 0.6 is 23.3 Å². The van der Waals surface area contributed by atoms with E-state index in [1.165, 1.54) is 11.5 Å². The topological polar surface area (TPSA) is 80.9 Å². The molecule has 0 spiro atoms. The van der Waals surface area contributed by atoms with E-state index in [1.807, 2.05) is 20.8 Å². The predicted octanol–water partition coefficient (Wildman–Crippen LogP) is 1.82. The zero-order chi connectivity index (χ0) is 14.5. The highest BCUT2D eigenvalue weighted by atomic mass is 32.2. The third kappa shape index (κ3) is 4.74. The highest BCUT2D eigenvalue weighted by Gasteiger charge is 2.32. The van der Waals surface area contributed by atoms with Gasteiger partial charge in [-0.3, -0.25) is 4.79 Å². The maximum absolute atomic E-state index is 11.6. The fourth-order valence-electron chi connectivity index (χ4n) is 1.87. The van der Waals surface area contributed by atoms with E-state index in [2.05, 4.69) is 21.6 Å². The van der Waals surface area contributed by atoms with Gasteiger partial charge < -0.3 is 11.1 Å². The maximum Gasteiger partial charge on any atom is 0.237 e. The van der Waals surface area contributed by atoms with Crippen molar-refractivity contribution < 1.29 is 4.79 Å². The van der Waals surface area contributed by atoms with Gasteiger partial charge in [0.05, 0.1) is 5.54 Å². The summed E-state index contributed by atoms with van der Waals surface area (Å²) in [6, 6.07) is 0. The number of thioether (sulfide) groups is 1. The number of aromatic nitrogens is 2. The number of primary amides is 1. The number of nitrogens with zero attached hydrogens (tertiary/aromatic N) is 2. The van der Waals surface area contributed by atoms with Crippen molar-refractivity contribution in [3.63, 3.8) is 0 Å². The molecule has 0 saturated heterocycles. The molecule has 1 aromatic rings. The molecule has 0 saturated carbocycles. The van der Waals surface area contributed by atoms with Crippen LogP contribution in [-0.2, 0) is 11.2 Å². The average Bonchev–Trinajstić information content (AvgIpc) is 2.76. The Morgan fingerprint density at radius 1 is 1.58 bits per heavy atom. The number of carbonyl (C=O) groups excluding carboxylic acids is 1. The Morgan fingerprint density at radius 3 is 2.74 bits per heavy atom. The SMILES string of the molecule is CCNC(C)(CC(C)Sc1nc(CC)ns1)C(N)=O. The third-order valence-corrected chi connectivity index (χ3v) is 4.80. The van der Waals surface area contributed by atoms with Gasteiger partial charge in [0.1, 0.15) is 5.82 Å². The number of likely N-dealkylation sites (N-methyl/N-ethyl adjacent to an activating group) is 1. The van der Waals surface area contributed by atoms with Crippen LogP contribution in [0.25, 0.3) is 0 Å². The van der Waals surface area contributed by atoms with Gasteiger partial charge in [-0.15, -0.1) is 0 Å². The van der Waals surface area contributed by atoms with Crippen molar-refractivity contribution in [1.82, 2.24) is 14.7 Å². The molecule has 2 atom stereocenters. The molecule has 1 amide bonds. The van der Waals surface area contributed by atoms with Crippen LogP contribution in [0, 0.1) is 0 Å². The van der Waals surface area contributed by atoms with Crippen molar-refractivity contribution in [3.05, 3.63) is 5.82 Å². The van der Waals surface area contributed by atoms with E-state index in [0.29, 0.717) is 6.42 Å². The average molecular weight is 302 g/mol. The highest BCUT2D eigenvalue weighted by Crippen LogP contribution is 2.29. The van der Waals surface area contributed by atoms with Crippen LogP contribution in [0.2, 0.25) is 0 Å². The standard InChI is InChI=1S/C12H22N4OS2/c1-5-9-15-11(19-16-9)18-8(3)7-12(4,10(13)17)14-6-2/h8,14H,5-7H2,1-4H3,(H2,13,17). The van der Waals surface area contributed by atoms with E-state index in [0.717, 1.165) is 23.1 Å². The second-order valence-electron chi connectivity index (χ2n) is 4.69. The van der Waals surface area contributed by atoms with Crippen molar-refractivity contribution in [3.8, 4) is 0 Å². The van der Waals surface area contributed by atoms with Crippen molar-refractivity contribution >= 4 is 29.2 Å². The third-order valence-electron chi connectivity index (χ3n) is 2.87. The summed E-state index contributed by atoms with van der Waals surface area (Å²) in [5.41, 5.74) is 4.82. The second-order valence-corrected chi connectivity index (χ2v) is 7.13. The minimum Gasteiger partial charge on any atom is -0.368 e. The summed E-state index contributed by atoms with van der Waals surface area (Å²) in [5, 5.41) is 3.42. The van der Waals surface area contributed by atoms with Crippen molar-refractivity contribution in [2.24, 2.45) is 5.73 Å². The molecule has 2 unspecified atom stereocenters. The fraction of sp³-hybridized carbons (Fsp3) is 0.750. The molecule has 0 aromatic carbocycles. The zero-order valence-electron chi connectivity index (χ0n) is 11.9. The number of amides is 1. The summed E-state index contributed by atoms with van der Waals surface area (Å²) in [4.78, 5) is 16.0. The first-order valence-corrected chi connectivity index (χ1v) is 8.10. The van der Waals surface area contributed by atoms with Crippen LogP contribution in [0.4, 0.5) is 0 Å². The molecule has 19 heavy (non-hydrogen) atoms. The first-order chi connectivity index (χ1) is 8.91. The fourth-order valence-corrected chi connectivity index (χ4v) is 4.06. The summed E-state index contributed by atoms with van der Waals surface area (Å²) < 4.78 is 5.21. The molecule has 3 N–H and O–H groups in total. The maximum atomic E-state index is 11.6. The van der Waals surface area contributed by atoms with Crippen LogP contribution in [0.15, 0.2) is 4.34 Å². The molecule has 0 bridgehead atoms. The Morgan fingerprint density at radius 2 is 2.26 bits per heavy atom. The Labute approximate surface area is 122 Å². The van der Waals surface area contributed by atoms with Crippen LogP contribution in [0.5, 0.6) is 0 Å². The highest BCUT2D eigenvalue weighted by molar-refractivity contribution is 8.01. The molecule has 7 heteroatoms. The molecule has 0 fully saturated rings. The first-order valence-electron chi connectivity index (χ1n) is 6.45. The van der Waals surface area contributed by atoms with E-state index in [9.17, 15) is 4.79 Å². The normalized spacial score (nSPS) is 16.0. The van der Waals surface area contributed by atoms with Crippen LogP contribution in [0.1, 0.15) is 39.9 Å². The zero-order valence-corrected chi connectivity index (χ0v) is 13.5. The minimum absolute atomic E-state index is 0.245. The van der Waals surface area contributed by atoms with E-state index in [-0.39, 0.29) is 11.2 Å². The summed E-state index contributed by atoms with van der Waals surface area (Å²) in [6.45, 7) is 8.66. The summed E-state index contributed by atoms with van der Waals surface area (Å²) in [6.07, 6.45) is 1.52. The van der Waals surface area contributed by atoms with Gasteiger partial charge in [-0.2, -0.15) is 4.37 Å². The van der Waals surface area contributed by atoms with Gasteiger partial charge in [-0.1, -0.05) is 32.5 Å². The molecule has 1 aromatic heterocycles. The molecule has 0 aliphatic carbocycles. The summed E-state index contributed by atoms with van der Waals surface area (Å²) >= 11 is 3.06. The lowest BCUT2D eigenvalue weighted by atomic mass is 9.95. The van der Waals surface area contributed by atoms with E-state index in [4.69, 9.17) is 5.73 Å². The van der Waals surface area contributed by atoms with Crippen molar-refractivity contribution in [1.29, 1.82) is 0 Å². The monoisotopic (exact) mass is 302 g/mol. The molecule has 0 aliphatic rings. The molecule has 5 nitrogen and oxygen atoms in total. The Hall–Kier alpha value is -0.660. The van der Waals surface area contributed by atoms with Gasteiger partial charge in [0, 0.05) is 11.7 Å². The van der Waals surface area contributed by atoms with Gasteiger partial charge in [-0.05, 0) is 31.4 Å². The molecular weight excluding hydrogens is 280 g/mol. The van der Waals surface area contributed by atoms with Gasteiger partial charge in [0.25, 0.3) is 0 Å². The Kier molecular flexibility index (Phi) is 6.22. The van der Waals surface area contributed by atoms with Crippen LogP contribution < -0.4 is 11.1 Å². The smallest absolute Gasteiger partial charge is 0.237 e. The van der Waals surface area contributed by atoms with Gasteiger partial charge in [0.2, 0.25) is 5.91 Å². The number of rotatable bonds is 8. The minimum atomic E-state index is -0.667. The number of nitrogens with one attached hydrogen (secondary N) is 1. The largest absolute Gasteiger partial charge is 0.368 e. The Bertz CT molecular complexity index is 424. The lowest BCUT2D eigenvalue weighted by Gasteiger charge is -2.29. The van der Waals surface area contributed by atoms with Gasteiger partial charge >= 0.3 is 0 Å². The second kappa shape index (κ2) is 7.21. The van der Waals surface area contributed by atoms with Crippen molar-refractivity contribution in [2.45, 2.75) is 55.7 Å². The molecule has 1 heterocycles. The molecular formula is C12H22N4OS2. The van der Waals surface area contributed by atoms with Gasteiger partial charge in [-0.25, -0.2) is 4.98 Å². The number of nitrogens with two attached hydrogens (primary N) is 1. The predicted molar refractivity (Wildman–Crippen MR) is 80.5 cm³/mol. The van der Waals surface area contributed by atoms with Crippen LogP contribution in [-0.4, -0.2) is 32.6 Å². The van der Waals surface area contributed by atoms with Crippen molar-refractivity contribution in [2.75, 3.05) is 6.54 Å². The molecule has 0 radical (unpaired) electrons. The van der Waals surface area contributed by atoms with E-state index in [1.54, 1.807) is 11.8 Å². The lowest BCUT2D eigenvalue weighted by Crippen LogP contribution is -2.54. The summed E-state index contributed by atoms with van der Waals surface area (Å²) in [5.74, 6) is 0.567. The lowest BCUT2D eigenvalue weighted by molar-refractivity contribution is -0.124. The number of hydrogen-bond donors (Lipinski definition) is 2. The van der Waals surface area contributed by atoms with E-state index < -0.39 is 5.54 Å². The first kappa shape index (κ1) is 16.4. The number of hydrogen-bond acceptors (Lipinski definition) is 6. The van der Waals surface area contributed by atoms with Gasteiger partial charge in [0.15, 0.2) is 4.34 Å². The van der Waals surface area contributed by atoms with Crippen LogP contribution in [0.3, 0.4) is 0 Å². The molecule has 0 aliphatic heterocycles. The molecule has 1 rings (SSSR count). The quantitative estimate of drug-likeness (QED) is 0.716. The number of carbonyl (C=O) groups is 1. The summed E-state index contributed by atoms with van der Waals surface area (Å²) in [7, 11) is 0. The van der Waals surface area contributed by atoms with E-state index >= 15 is 0 Å². The molecule has 108 valence electrons. The Balaban J connectivity index is 2.62. The number of aryl methyl sites for hydroxylation is 1.